The van der Waals surface area contributed by atoms with Crippen molar-refractivity contribution in [2.75, 3.05) is 14.2 Å². The lowest BCUT2D eigenvalue weighted by Gasteiger charge is -2.48. The third kappa shape index (κ3) is 2.15. The van der Waals surface area contributed by atoms with Crippen LogP contribution in [0.5, 0.6) is 0 Å². The minimum atomic E-state index is -1.09. The van der Waals surface area contributed by atoms with Crippen molar-refractivity contribution in [1.82, 2.24) is 19.8 Å². The number of nitrogens with one attached hydrogen (secondary N) is 2. The highest BCUT2D eigenvalue weighted by atomic mass is 16.6. The number of nitrogens with zero attached hydrogens (tertiary/aromatic N) is 2. The monoisotopic (exact) mass is 482 g/mol. The number of para-hydroxylation sites is 2. The maximum absolute atomic E-state index is 13.4. The Morgan fingerprint density at radius 3 is 2.50 bits per heavy atom. The number of amides is 1. The Kier molecular flexibility index (Phi) is 3.83. The molecule has 3 aromatic carbocycles. The van der Waals surface area contributed by atoms with Gasteiger partial charge in [-0.3, -0.25) is 4.79 Å². The highest BCUT2D eigenvalue weighted by Crippen LogP contribution is 2.54. The van der Waals surface area contributed by atoms with E-state index in [1.165, 1.54) is 0 Å². The van der Waals surface area contributed by atoms with E-state index in [4.69, 9.17) is 9.47 Å². The molecule has 4 unspecified atom stereocenters. The number of carbonyl (C=O) groups excluding carboxylic acids is 1. The van der Waals surface area contributed by atoms with Gasteiger partial charge in [0.1, 0.15) is 12.3 Å². The number of likely N-dealkylation sites (N-methyl/N-ethyl adjacent to an activating group) is 1. The molecule has 8 nitrogen and oxygen atoms in total. The van der Waals surface area contributed by atoms with Crippen molar-refractivity contribution in [3.05, 3.63) is 59.7 Å². The first-order valence-electron chi connectivity index (χ1n) is 12.4. The summed E-state index contributed by atoms with van der Waals surface area (Å²) >= 11 is 0. The van der Waals surface area contributed by atoms with E-state index in [1.54, 1.807) is 7.11 Å². The molecule has 0 spiro atoms. The Hall–Kier alpha value is -3.43. The number of aliphatic hydroxyl groups excluding tert-OH is 1. The highest BCUT2D eigenvalue weighted by molar-refractivity contribution is 6.31. The predicted molar refractivity (Wildman–Crippen MR) is 137 cm³/mol. The normalized spacial score (nSPS) is 28.9. The first-order valence-corrected chi connectivity index (χ1v) is 12.4. The van der Waals surface area contributed by atoms with Gasteiger partial charge in [0, 0.05) is 46.7 Å². The number of benzene rings is 3. The molecule has 36 heavy (non-hydrogen) atoms. The summed E-state index contributed by atoms with van der Waals surface area (Å²) in [6.07, 6.45) is -0.941. The van der Waals surface area contributed by atoms with Crippen LogP contribution in [0.4, 0.5) is 0 Å². The fraction of sp³-hybridized carbons (Fsp3) is 0.321. The molecule has 1 saturated heterocycles. The van der Waals surface area contributed by atoms with Gasteiger partial charge in [-0.05, 0) is 26.1 Å². The number of methoxy groups -OCH3 is 1. The van der Waals surface area contributed by atoms with Gasteiger partial charge in [0.05, 0.1) is 27.6 Å². The van der Waals surface area contributed by atoms with Crippen LogP contribution in [0.25, 0.3) is 43.6 Å². The summed E-state index contributed by atoms with van der Waals surface area (Å²) in [5.74, 6) is -0.249. The van der Waals surface area contributed by atoms with Gasteiger partial charge in [-0.1, -0.05) is 36.4 Å². The Bertz CT molecular complexity index is 1790. The van der Waals surface area contributed by atoms with Gasteiger partial charge in [-0.25, -0.2) is 0 Å². The van der Waals surface area contributed by atoms with Crippen LogP contribution >= 0.6 is 0 Å². The summed E-state index contributed by atoms with van der Waals surface area (Å²) in [4.78, 5) is 13.4. The van der Waals surface area contributed by atoms with Gasteiger partial charge in [-0.2, -0.15) is 0 Å². The molecule has 0 saturated carbocycles. The molecule has 5 atom stereocenters. The molecule has 1 amide bonds. The number of hydrogen-bond donors (Lipinski definition) is 3. The molecule has 0 aliphatic carbocycles. The van der Waals surface area contributed by atoms with Gasteiger partial charge < -0.3 is 34.3 Å². The van der Waals surface area contributed by atoms with Crippen molar-refractivity contribution in [2.45, 2.75) is 43.7 Å². The van der Waals surface area contributed by atoms with Gasteiger partial charge in [0.25, 0.3) is 5.91 Å². The number of fused-ring (bicyclic) bond motifs is 13. The summed E-state index contributed by atoms with van der Waals surface area (Å²) < 4.78 is 17.7. The number of ether oxygens (including phenoxy) is 2. The third-order valence-corrected chi connectivity index (χ3v) is 8.65. The Labute approximate surface area is 206 Å². The van der Waals surface area contributed by atoms with Crippen LogP contribution in [0, 0.1) is 0 Å². The number of carbonyl (C=O) groups is 1. The van der Waals surface area contributed by atoms with Crippen molar-refractivity contribution in [3.63, 3.8) is 0 Å². The summed E-state index contributed by atoms with van der Waals surface area (Å²) in [5, 5.41) is 21.1. The average molecular weight is 483 g/mol. The van der Waals surface area contributed by atoms with Gasteiger partial charge in [-0.15, -0.1) is 0 Å². The fourth-order valence-electron chi connectivity index (χ4n) is 7.38. The quantitative estimate of drug-likeness (QED) is 0.356. The molecule has 2 aromatic heterocycles. The van der Waals surface area contributed by atoms with Crippen molar-refractivity contribution >= 4 is 49.5 Å². The standard InChI is InChI=1S/C28H26N4O4/c1-28-25(35-3)15(29-2)12-18(36-28)31-16-10-6-4-8-13(16)19-21-22(27(34)30-26(21)33)20-14-9-5-7-11-17(14)32(28)24(20)23(19)31/h4-11,15,18,25,27,29,34H,12H2,1-3H3,(H,30,33)/t15?,18?,25?,27?,28-/m0/s1. The lowest BCUT2D eigenvalue weighted by atomic mass is 9.93. The van der Waals surface area contributed by atoms with Crippen LogP contribution in [0.1, 0.15) is 41.7 Å². The summed E-state index contributed by atoms with van der Waals surface area (Å²) in [7, 11) is 3.70. The summed E-state index contributed by atoms with van der Waals surface area (Å²) in [6.45, 7) is 2.09. The van der Waals surface area contributed by atoms with E-state index in [9.17, 15) is 9.90 Å². The van der Waals surface area contributed by atoms with Crippen LogP contribution in [0.15, 0.2) is 48.5 Å². The zero-order valence-electron chi connectivity index (χ0n) is 20.2. The Balaban J connectivity index is 1.73. The number of hydrogen-bond acceptors (Lipinski definition) is 5. The van der Waals surface area contributed by atoms with E-state index in [0.29, 0.717) is 17.5 Å². The molecule has 1 fully saturated rings. The predicted octanol–water partition coefficient (Wildman–Crippen LogP) is 3.84. The van der Waals surface area contributed by atoms with Crippen molar-refractivity contribution < 1.29 is 19.4 Å². The fourth-order valence-corrected chi connectivity index (χ4v) is 7.38. The SMILES string of the molecule is CNC1CC2O[C@@](C)(C1OC)n1c3ccccc3c3c4c(c5c6ccccc6n2c5c31)C(=O)NC4O. The minimum absolute atomic E-state index is 0.0289. The van der Waals surface area contributed by atoms with Crippen LogP contribution < -0.4 is 10.6 Å². The average Bonchev–Trinajstić information content (AvgIpc) is 3.48. The molecular formula is C28H26N4O4. The van der Waals surface area contributed by atoms with E-state index >= 15 is 0 Å². The first kappa shape index (κ1) is 20.7. The molecule has 0 radical (unpaired) electrons. The lowest BCUT2D eigenvalue weighted by Crippen LogP contribution is -2.59. The molecule has 3 aliphatic rings. The second-order valence-corrected chi connectivity index (χ2v) is 10.3. The van der Waals surface area contributed by atoms with Gasteiger partial charge in [0.2, 0.25) is 0 Å². The van der Waals surface area contributed by atoms with E-state index < -0.39 is 12.0 Å². The molecule has 3 aliphatic heterocycles. The van der Waals surface area contributed by atoms with Crippen molar-refractivity contribution in [2.24, 2.45) is 0 Å². The third-order valence-electron chi connectivity index (χ3n) is 8.65. The highest BCUT2D eigenvalue weighted by Gasteiger charge is 2.53. The van der Waals surface area contributed by atoms with Crippen molar-refractivity contribution in [3.8, 4) is 0 Å². The number of rotatable bonds is 2. The molecule has 8 rings (SSSR count). The first-order chi connectivity index (χ1) is 17.5. The second kappa shape index (κ2) is 6.66. The Morgan fingerprint density at radius 2 is 1.78 bits per heavy atom. The lowest BCUT2D eigenvalue weighted by molar-refractivity contribution is -0.256. The molecular weight excluding hydrogens is 456 g/mol. The topological polar surface area (TPSA) is 89.7 Å². The van der Waals surface area contributed by atoms with Crippen molar-refractivity contribution in [1.29, 1.82) is 0 Å². The maximum Gasteiger partial charge on any atom is 0.254 e. The number of aromatic nitrogens is 2. The summed E-state index contributed by atoms with van der Waals surface area (Å²) in [6, 6.07) is 16.4. The number of aliphatic hydroxyl groups is 1. The zero-order valence-corrected chi connectivity index (χ0v) is 20.2. The molecule has 5 heterocycles. The van der Waals surface area contributed by atoms with Crippen LogP contribution in [0.3, 0.4) is 0 Å². The molecule has 3 N–H and O–H groups in total. The van der Waals surface area contributed by atoms with E-state index in [-0.39, 0.29) is 24.3 Å². The maximum atomic E-state index is 13.4. The van der Waals surface area contributed by atoms with Crippen LogP contribution in [-0.2, 0) is 15.2 Å². The smallest absolute Gasteiger partial charge is 0.254 e. The second-order valence-electron chi connectivity index (χ2n) is 10.3. The van der Waals surface area contributed by atoms with E-state index in [2.05, 4.69) is 51.0 Å². The zero-order chi connectivity index (χ0) is 24.5. The van der Waals surface area contributed by atoms with Crippen LogP contribution in [0.2, 0.25) is 0 Å². The Morgan fingerprint density at radius 1 is 1.08 bits per heavy atom. The molecule has 182 valence electrons. The van der Waals surface area contributed by atoms with E-state index in [1.807, 2.05) is 31.3 Å². The largest absolute Gasteiger partial charge is 0.375 e. The molecule has 5 aromatic rings. The minimum Gasteiger partial charge on any atom is -0.375 e. The summed E-state index contributed by atoms with van der Waals surface area (Å²) in [5.41, 5.74) is 4.25. The van der Waals surface area contributed by atoms with Crippen LogP contribution in [-0.4, -0.2) is 46.5 Å². The van der Waals surface area contributed by atoms with Gasteiger partial charge >= 0.3 is 0 Å². The molecule has 2 bridgehead atoms. The molecule has 8 heteroatoms. The van der Waals surface area contributed by atoms with E-state index in [0.717, 1.165) is 43.6 Å². The van der Waals surface area contributed by atoms with Gasteiger partial charge in [0.15, 0.2) is 12.0 Å².